The second-order valence-corrected chi connectivity index (χ2v) is 5.70. The van der Waals surface area contributed by atoms with E-state index >= 15 is 0 Å². The van der Waals surface area contributed by atoms with E-state index in [1.165, 1.54) is 16.8 Å². The summed E-state index contributed by atoms with van der Waals surface area (Å²) in [7, 11) is 6.14. The first-order valence-corrected chi connectivity index (χ1v) is 7.07. The zero-order valence-corrected chi connectivity index (χ0v) is 13.4. The Morgan fingerprint density at radius 1 is 1.05 bits per heavy atom. The number of aryl methyl sites for hydroxylation is 1. The second-order valence-electron chi connectivity index (χ2n) is 5.22. The van der Waals surface area contributed by atoms with E-state index in [0.29, 0.717) is 0 Å². The summed E-state index contributed by atoms with van der Waals surface area (Å²) in [5.41, 5.74) is 4.71. The number of hydrogen-bond acceptors (Lipinski definition) is 2. The van der Waals surface area contributed by atoms with Crippen molar-refractivity contribution in [2.24, 2.45) is 0 Å². The van der Waals surface area contributed by atoms with Gasteiger partial charge in [-0.15, -0.1) is 12.6 Å². The average molecular weight is 285 g/mol. The first kappa shape index (κ1) is 14.7. The first-order chi connectivity index (χ1) is 9.47. The maximum atomic E-state index is 4.55. The minimum atomic E-state index is 0.994. The average Bonchev–Trinajstić information content (AvgIpc) is 2.39. The fourth-order valence-electron chi connectivity index (χ4n) is 2.08. The Bertz CT molecular complexity index is 628. The second kappa shape index (κ2) is 6.14. The summed E-state index contributed by atoms with van der Waals surface area (Å²) in [5.74, 6) is 0. The van der Waals surface area contributed by atoms with E-state index in [1.807, 2.05) is 21.1 Å². The van der Waals surface area contributed by atoms with Gasteiger partial charge in [0.15, 0.2) is 6.21 Å². The lowest BCUT2D eigenvalue weighted by atomic mass is 10.2. The van der Waals surface area contributed by atoms with E-state index in [9.17, 15) is 0 Å². The van der Waals surface area contributed by atoms with Gasteiger partial charge in [-0.05, 0) is 42.8 Å². The molecular formula is C17H21N2S+. The van der Waals surface area contributed by atoms with Gasteiger partial charge in [0.1, 0.15) is 7.05 Å². The molecule has 0 aliphatic carbocycles. The highest BCUT2D eigenvalue weighted by atomic mass is 32.1. The van der Waals surface area contributed by atoms with Crippen molar-refractivity contribution in [1.29, 1.82) is 0 Å². The lowest BCUT2D eigenvalue weighted by Crippen LogP contribution is -2.08. The van der Waals surface area contributed by atoms with Crippen LogP contribution < -0.4 is 4.90 Å². The van der Waals surface area contributed by atoms with E-state index in [0.717, 1.165) is 10.6 Å². The molecule has 0 bridgehead atoms. The molecule has 2 aromatic carbocycles. The molecule has 104 valence electrons. The summed E-state index contributed by atoms with van der Waals surface area (Å²) in [6.45, 7) is 2.08. The van der Waals surface area contributed by atoms with Crippen LogP contribution in [-0.4, -0.2) is 31.9 Å². The van der Waals surface area contributed by atoms with E-state index in [2.05, 4.69) is 77.7 Å². The van der Waals surface area contributed by atoms with Crippen molar-refractivity contribution in [2.75, 3.05) is 26.0 Å². The third kappa shape index (κ3) is 3.42. The van der Waals surface area contributed by atoms with Crippen LogP contribution in [0.25, 0.3) is 0 Å². The molecule has 0 amide bonds. The molecule has 2 aromatic rings. The quantitative estimate of drug-likeness (QED) is 0.512. The highest BCUT2D eigenvalue weighted by Gasteiger charge is 2.08. The molecule has 2 rings (SSSR count). The molecule has 0 aromatic heterocycles. The highest BCUT2D eigenvalue weighted by Crippen LogP contribution is 2.23. The Hall–Kier alpha value is -1.74. The van der Waals surface area contributed by atoms with Crippen LogP contribution in [0, 0.1) is 6.92 Å². The third-order valence-electron chi connectivity index (χ3n) is 3.26. The van der Waals surface area contributed by atoms with Crippen molar-refractivity contribution in [3.8, 4) is 0 Å². The van der Waals surface area contributed by atoms with Gasteiger partial charge in [-0.2, -0.15) is 4.58 Å². The van der Waals surface area contributed by atoms with Gasteiger partial charge in [0.25, 0.3) is 0 Å². The highest BCUT2D eigenvalue weighted by molar-refractivity contribution is 7.80. The summed E-state index contributed by atoms with van der Waals surface area (Å²) in [6.07, 6.45) is 2.11. The predicted octanol–water partition coefficient (Wildman–Crippen LogP) is 3.74. The van der Waals surface area contributed by atoms with E-state index in [-0.39, 0.29) is 0 Å². The number of rotatable bonds is 3. The molecule has 0 N–H and O–H groups in total. The van der Waals surface area contributed by atoms with Crippen molar-refractivity contribution in [3.05, 3.63) is 53.6 Å². The molecular weight excluding hydrogens is 264 g/mol. The molecule has 0 saturated carbocycles. The third-order valence-corrected chi connectivity index (χ3v) is 3.62. The minimum absolute atomic E-state index is 0.994. The van der Waals surface area contributed by atoms with E-state index in [1.54, 1.807) is 0 Å². The van der Waals surface area contributed by atoms with Gasteiger partial charge in [0.2, 0.25) is 5.69 Å². The van der Waals surface area contributed by atoms with E-state index < -0.39 is 0 Å². The summed E-state index contributed by atoms with van der Waals surface area (Å²) in [6, 6.07) is 14.8. The van der Waals surface area contributed by atoms with Gasteiger partial charge in [0, 0.05) is 31.4 Å². The van der Waals surface area contributed by atoms with Crippen LogP contribution in [0.5, 0.6) is 0 Å². The fraction of sp³-hybridized carbons (Fsp3) is 0.235. The first-order valence-electron chi connectivity index (χ1n) is 6.62. The molecule has 0 saturated heterocycles. The molecule has 0 aliphatic rings. The molecule has 0 radical (unpaired) electrons. The van der Waals surface area contributed by atoms with Gasteiger partial charge >= 0.3 is 0 Å². The Morgan fingerprint density at radius 3 is 2.25 bits per heavy atom. The van der Waals surface area contributed by atoms with Crippen molar-refractivity contribution in [2.45, 2.75) is 11.8 Å². The lowest BCUT2D eigenvalue weighted by Gasteiger charge is -2.11. The normalized spacial score (nSPS) is 11.6. The molecule has 0 unspecified atom stereocenters. The summed E-state index contributed by atoms with van der Waals surface area (Å²) >= 11 is 4.55. The molecule has 0 spiro atoms. The van der Waals surface area contributed by atoms with Gasteiger partial charge in [0.05, 0.1) is 4.90 Å². The Morgan fingerprint density at radius 2 is 1.70 bits per heavy atom. The van der Waals surface area contributed by atoms with Crippen LogP contribution in [0.3, 0.4) is 0 Å². The Labute approximate surface area is 126 Å². The molecule has 3 heteroatoms. The molecule has 20 heavy (non-hydrogen) atoms. The van der Waals surface area contributed by atoms with Crippen LogP contribution in [-0.2, 0) is 0 Å². The number of nitrogens with zero attached hydrogens (tertiary/aromatic N) is 2. The fourth-order valence-corrected chi connectivity index (χ4v) is 2.52. The smallest absolute Gasteiger partial charge is 0.218 e. The molecule has 0 heterocycles. The zero-order chi connectivity index (χ0) is 14.7. The van der Waals surface area contributed by atoms with Crippen LogP contribution in [0.4, 0.5) is 11.4 Å². The van der Waals surface area contributed by atoms with Crippen LogP contribution >= 0.6 is 12.6 Å². The van der Waals surface area contributed by atoms with Gasteiger partial charge in [-0.3, -0.25) is 0 Å². The van der Waals surface area contributed by atoms with Crippen LogP contribution in [0.1, 0.15) is 11.1 Å². The molecule has 0 fully saturated rings. The summed E-state index contributed by atoms with van der Waals surface area (Å²) < 4.78 is 2.10. The van der Waals surface area contributed by atoms with Crippen molar-refractivity contribution in [1.82, 2.24) is 0 Å². The minimum Gasteiger partial charge on any atom is -0.378 e. The van der Waals surface area contributed by atoms with Crippen molar-refractivity contribution < 1.29 is 4.58 Å². The SMILES string of the molecule is Cc1ccc([N+](C)=Cc2ccc(N(C)C)cc2)c(S)c1. The number of thiol groups is 1. The maximum Gasteiger partial charge on any atom is 0.218 e. The topological polar surface area (TPSA) is 6.25 Å². The number of benzene rings is 2. The monoisotopic (exact) mass is 285 g/mol. The molecule has 0 atom stereocenters. The Balaban J connectivity index is 2.29. The van der Waals surface area contributed by atoms with Crippen molar-refractivity contribution in [3.63, 3.8) is 0 Å². The number of anilines is 1. The van der Waals surface area contributed by atoms with Crippen LogP contribution in [0.2, 0.25) is 0 Å². The van der Waals surface area contributed by atoms with Crippen molar-refractivity contribution >= 4 is 30.2 Å². The summed E-state index contributed by atoms with van der Waals surface area (Å²) in [4.78, 5) is 3.09. The molecule has 0 aliphatic heterocycles. The largest absolute Gasteiger partial charge is 0.378 e. The summed E-state index contributed by atoms with van der Waals surface area (Å²) in [5, 5.41) is 0. The van der Waals surface area contributed by atoms with E-state index in [4.69, 9.17) is 0 Å². The predicted molar refractivity (Wildman–Crippen MR) is 90.2 cm³/mol. The van der Waals surface area contributed by atoms with Gasteiger partial charge in [-0.25, -0.2) is 0 Å². The lowest BCUT2D eigenvalue weighted by molar-refractivity contribution is -0.401. The van der Waals surface area contributed by atoms with Crippen LogP contribution in [0.15, 0.2) is 47.4 Å². The van der Waals surface area contributed by atoms with Gasteiger partial charge in [-0.1, -0.05) is 6.07 Å². The number of hydrogen-bond donors (Lipinski definition) is 1. The zero-order valence-electron chi connectivity index (χ0n) is 12.5. The van der Waals surface area contributed by atoms with Gasteiger partial charge < -0.3 is 4.90 Å². The molecule has 2 nitrogen and oxygen atoms in total. The maximum absolute atomic E-state index is 4.55. The standard InChI is InChI=1S/C17H20N2S/c1-13-5-10-16(17(20)11-13)19(4)12-14-6-8-15(9-7-14)18(2)3/h5-12H,1-4H3/p+1. The Kier molecular flexibility index (Phi) is 4.50.